The predicted molar refractivity (Wildman–Crippen MR) is 167 cm³/mol. The van der Waals surface area contributed by atoms with Crippen LogP contribution in [0.2, 0.25) is 0 Å². The van der Waals surface area contributed by atoms with E-state index in [-0.39, 0.29) is 0 Å². The molecule has 0 aromatic carbocycles. The first kappa shape index (κ1) is 31.9. The van der Waals surface area contributed by atoms with Crippen LogP contribution in [0.25, 0.3) is 10.0 Å². The van der Waals surface area contributed by atoms with Gasteiger partial charge in [0.05, 0.1) is 0 Å². The van der Waals surface area contributed by atoms with E-state index in [0.29, 0.717) is 17.2 Å². The van der Waals surface area contributed by atoms with E-state index in [0.717, 1.165) is 28.8 Å². The minimum absolute atomic E-state index is 0.403. The van der Waals surface area contributed by atoms with Crippen molar-refractivity contribution in [3.05, 3.63) is 16.5 Å². The van der Waals surface area contributed by atoms with Crippen LogP contribution in [-0.4, -0.2) is 28.2 Å². The van der Waals surface area contributed by atoms with Crippen molar-refractivity contribution < 1.29 is 9.59 Å². The molecule has 5 nitrogen and oxygen atoms in total. The number of rotatable bonds is 23. The van der Waals surface area contributed by atoms with Gasteiger partial charge in [0.1, 0.15) is 4.88 Å². The quantitative estimate of drug-likeness (QED) is 0.0980. The van der Waals surface area contributed by atoms with Crippen LogP contribution in [0.3, 0.4) is 0 Å². The largest absolute Gasteiger partial charge is 0.301 e. The molecular weight excluding hydrogens is 523 g/mol. The van der Waals surface area contributed by atoms with E-state index in [4.69, 9.17) is 0 Å². The zero-order valence-corrected chi connectivity index (χ0v) is 26.2. The van der Waals surface area contributed by atoms with Crippen LogP contribution in [0.5, 0.6) is 0 Å². The summed E-state index contributed by atoms with van der Waals surface area (Å²) in [6.45, 7) is 5.14. The molecule has 39 heavy (non-hydrogen) atoms. The Bertz CT molecular complexity index is 937. The summed E-state index contributed by atoms with van der Waals surface area (Å²) in [7, 11) is 0. The SMILES string of the molecule is CCCCCCCCCCC(CCCCCCCCCC)CCCN1C(=O)C(=O)c2sc(-c3nccs3)nc21. The first-order chi connectivity index (χ1) is 19.2. The summed E-state index contributed by atoms with van der Waals surface area (Å²) >= 11 is 2.81. The van der Waals surface area contributed by atoms with Crippen molar-refractivity contribution in [3.8, 4) is 10.0 Å². The zero-order valence-electron chi connectivity index (χ0n) is 24.6. The van der Waals surface area contributed by atoms with E-state index < -0.39 is 11.7 Å². The molecule has 0 atom stereocenters. The molecule has 0 fully saturated rings. The number of nitrogens with zero attached hydrogens (tertiary/aromatic N) is 3. The lowest BCUT2D eigenvalue weighted by Crippen LogP contribution is -2.31. The summed E-state index contributed by atoms with van der Waals surface area (Å²) in [5.41, 5.74) is 0. The molecule has 218 valence electrons. The van der Waals surface area contributed by atoms with Crippen molar-refractivity contribution in [2.75, 3.05) is 11.4 Å². The van der Waals surface area contributed by atoms with Gasteiger partial charge in [0, 0.05) is 18.1 Å². The Balaban J connectivity index is 1.44. The second-order valence-electron chi connectivity index (χ2n) is 11.3. The second-order valence-corrected chi connectivity index (χ2v) is 13.2. The molecule has 0 N–H and O–H groups in total. The maximum Gasteiger partial charge on any atom is 0.301 e. The van der Waals surface area contributed by atoms with Crippen LogP contribution < -0.4 is 4.90 Å². The topological polar surface area (TPSA) is 63.2 Å². The van der Waals surface area contributed by atoms with E-state index in [2.05, 4.69) is 23.8 Å². The summed E-state index contributed by atoms with van der Waals surface area (Å²) in [4.78, 5) is 36.4. The van der Waals surface area contributed by atoms with Crippen LogP contribution in [0.15, 0.2) is 11.6 Å². The number of unbranched alkanes of at least 4 members (excludes halogenated alkanes) is 14. The third-order valence-electron chi connectivity index (χ3n) is 8.05. The fraction of sp³-hybridized carbons (Fsp3) is 0.750. The van der Waals surface area contributed by atoms with Crippen molar-refractivity contribution in [3.63, 3.8) is 0 Å². The van der Waals surface area contributed by atoms with Gasteiger partial charge in [-0.15, -0.1) is 22.7 Å². The number of amides is 1. The first-order valence-electron chi connectivity index (χ1n) is 15.9. The highest BCUT2D eigenvalue weighted by molar-refractivity contribution is 7.22. The molecule has 0 bridgehead atoms. The molecule has 0 saturated carbocycles. The lowest BCUT2D eigenvalue weighted by molar-refractivity contribution is -0.114. The molecule has 0 spiro atoms. The van der Waals surface area contributed by atoms with Gasteiger partial charge < -0.3 is 0 Å². The zero-order chi connectivity index (χ0) is 27.7. The molecule has 1 aliphatic heterocycles. The van der Waals surface area contributed by atoms with Crippen LogP contribution in [0.4, 0.5) is 5.82 Å². The molecular formula is C32H51N3O2S2. The number of fused-ring (bicyclic) bond motifs is 1. The third kappa shape index (κ3) is 10.7. The number of thiazole rings is 2. The van der Waals surface area contributed by atoms with Crippen LogP contribution in [-0.2, 0) is 4.79 Å². The molecule has 0 unspecified atom stereocenters. The number of aromatic nitrogens is 2. The summed E-state index contributed by atoms with van der Waals surface area (Å²) in [6.07, 6.45) is 28.2. The molecule has 3 heterocycles. The first-order valence-corrected chi connectivity index (χ1v) is 17.6. The average molecular weight is 574 g/mol. The monoisotopic (exact) mass is 573 g/mol. The van der Waals surface area contributed by atoms with E-state index in [1.165, 1.54) is 138 Å². The Morgan fingerprint density at radius 3 is 1.79 bits per heavy atom. The standard InChI is InChI=1S/C32H51N3O2S2/c1-3-5-7-9-11-13-15-17-20-26(21-18-16-14-12-10-8-6-4-2)22-19-24-35-29-28(27(36)32(35)37)39-31(34-29)30-33-23-25-38-30/h23,25-26H,3-22,24H2,1-2H3. The highest BCUT2D eigenvalue weighted by Crippen LogP contribution is 2.38. The number of hydrogen-bond acceptors (Lipinski definition) is 6. The third-order valence-corrected chi connectivity index (χ3v) is 10.0. The predicted octanol–water partition coefficient (Wildman–Crippen LogP) is 10.3. The Hall–Kier alpha value is -1.60. The Kier molecular flexibility index (Phi) is 15.3. The van der Waals surface area contributed by atoms with Crippen molar-refractivity contribution in [2.45, 2.75) is 142 Å². The van der Waals surface area contributed by atoms with Gasteiger partial charge in [0.2, 0.25) is 0 Å². The normalized spacial score (nSPS) is 13.3. The van der Waals surface area contributed by atoms with Crippen LogP contribution in [0.1, 0.15) is 152 Å². The lowest BCUT2D eigenvalue weighted by atomic mass is 9.90. The molecule has 0 aliphatic carbocycles. The average Bonchev–Trinajstić information content (AvgIpc) is 3.67. The van der Waals surface area contributed by atoms with E-state index in [1.54, 1.807) is 11.1 Å². The molecule has 2 aromatic rings. The molecule has 1 amide bonds. The van der Waals surface area contributed by atoms with Crippen molar-refractivity contribution in [2.24, 2.45) is 5.92 Å². The number of Topliss-reactive ketones (excluding diaryl/α,β-unsaturated/α-hetero) is 1. The van der Waals surface area contributed by atoms with Gasteiger partial charge in [-0.1, -0.05) is 129 Å². The molecule has 0 radical (unpaired) electrons. The number of anilines is 1. The van der Waals surface area contributed by atoms with Crippen molar-refractivity contribution in [1.82, 2.24) is 9.97 Å². The fourth-order valence-corrected chi connectivity index (χ4v) is 7.37. The van der Waals surface area contributed by atoms with E-state index >= 15 is 0 Å². The maximum atomic E-state index is 12.7. The minimum atomic E-state index is -0.405. The highest BCUT2D eigenvalue weighted by atomic mass is 32.1. The van der Waals surface area contributed by atoms with Gasteiger partial charge in [-0.25, -0.2) is 9.97 Å². The van der Waals surface area contributed by atoms with Gasteiger partial charge in [0.25, 0.3) is 5.78 Å². The Morgan fingerprint density at radius 2 is 1.26 bits per heavy atom. The maximum absolute atomic E-state index is 12.7. The smallest absolute Gasteiger partial charge is 0.288 e. The highest BCUT2D eigenvalue weighted by Gasteiger charge is 2.39. The second kappa shape index (κ2) is 18.7. The molecule has 2 aromatic heterocycles. The summed E-state index contributed by atoms with van der Waals surface area (Å²) in [6, 6.07) is 0. The van der Waals surface area contributed by atoms with Gasteiger partial charge in [-0.05, 0) is 18.8 Å². The van der Waals surface area contributed by atoms with E-state index in [9.17, 15) is 9.59 Å². The Labute approximate surface area is 245 Å². The molecule has 7 heteroatoms. The molecule has 3 rings (SSSR count). The van der Waals surface area contributed by atoms with E-state index in [1.807, 2.05) is 5.38 Å². The van der Waals surface area contributed by atoms with Crippen LogP contribution >= 0.6 is 22.7 Å². The number of hydrogen-bond donors (Lipinski definition) is 0. The van der Waals surface area contributed by atoms with Gasteiger partial charge >= 0.3 is 5.91 Å². The summed E-state index contributed by atoms with van der Waals surface area (Å²) < 4.78 is 0. The molecule has 1 aliphatic rings. The minimum Gasteiger partial charge on any atom is -0.288 e. The lowest BCUT2D eigenvalue weighted by Gasteiger charge is -2.19. The number of carbonyl (C=O) groups excluding carboxylic acids is 2. The molecule has 0 saturated heterocycles. The van der Waals surface area contributed by atoms with Crippen LogP contribution in [0, 0.1) is 5.92 Å². The van der Waals surface area contributed by atoms with Gasteiger partial charge in [-0.3, -0.25) is 14.5 Å². The fourth-order valence-electron chi connectivity index (χ4n) is 5.69. The summed E-state index contributed by atoms with van der Waals surface area (Å²) in [5, 5.41) is 3.46. The van der Waals surface area contributed by atoms with Gasteiger partial charge in [0.15, 0.2) is 15.8 Å². The van der Waals surface area contributed by atoms with Crippen molar-refractivity contribution >= 4 is 40.2 Å². The van der Waals surface area contributed by atoms with Gasteiger partial charge in [-0.2, -0.15) is 0 Å². The number of ketones is 1. The number of carbonyl (C=O) groups is 2. The summed E-state index contributed by atoms with van der Waals surface area (Å²) in [5.74, 6) is 0.471. The van der Waals surface area contributed by atoms with Crippen molar-refractivity contribution in [1.29, 1.82) is 0 Å². The Morgan fingerprint density at radius 1 is 0.718 bits per heavy atom.